The molecule has 0 fully saturated rings. The van der Waals surface area contributed by atoms with Crippen molar-refractivity contribution in [2.24, 2.45) is 0 Å². The fraction of sp³-hybridized carbons (Fsp3) is 0.143. The fourth-order valence-electron chi connectivity index (χ4n) is 1.58. The van der Waals surface area contributed by atoms with Crippen LogP contribution >= 0.6 is 15.9 Å². The van der Waals surface area contributed by atoms with Crippen molar-refractivity contribution < 1.29 is 4.74 Å². The van der Waals surface area contributed by atoms with E-state index < -0.39 is 0 Å². The minimum absolute atomic E-state index is 0.819. The van der Waals surface area contributed by atoms with E-state index >= 15 is 0 Å². The Balaban J connectivity index is 2.02. The quantitative estimate of drug-likeness (QED) is 0.917. The van der Waals surface area contributed by atoms with Crippen molar-refractivity contribution >= 4 is 21.6 Å². The molecule has 2 rings (SSSR count). The van der Waals surface area contributed by atoms with Crippen LogP contribution in [0.4, 0.5) is 5.69 Å². The second kappa shape index (κ2) is 5.73. The van der Waals surface area contributed by atoms with Crippen molar-refractivity contribution in [2.45, 2.75) is 6.54 Å². The molecule has 0 bridgehead atoms. The number of halogens is 1. The van der Waals surface area contributed by atoms with E-state index in [1.165, 1.54) is 5.56 Å². The number of ether oxygens (including phenoxy) is 1. The maximum Gasteiger partial charge on any atom is 0.133 e. The molecule has 0 aliphatic carbocycles. The van der Waals surface area contributed by atoms with Crippen LogP contribution in [0, 0.1) is 0 Å². The molecular weight excluding hydrogens is 278 g/mol. The monoisotopic (exact) mass is 291 g/mol. The van der Waals surface area contributed by atoms with E-state index in [4.69, 9.17) is 4.74 Å². The van der Waals surface area contributed by atoms with Gasteiger partial charge in [0.1, 0.15) is 5.75 Å². The highest BCUT2D eigenvalue weighted by molar-refractivity contribution is 9.10. The van der Waals surface area contributed by atoms with Gasteiger partial charge in [-0.3, -0.25) is 0 Å². The SMILES string of the molecule is COc1ccc(NCc2ccccc2)cc1Br. The van der Waals surface area contributed by atoms with E-state index in [2.05, 4.69) is 33.4 Å². The Morgan fingerprint density at radius 1 is 1.12 bits per heavy atom. The Labute approximate surface area is 110 Å². The molecule has 0 heterocycles. The second-order valence-corrected chi connectivity index (χ2v) is 4.54. The summed E-state index contributed by atoms with van der Waals surface area (Å²) in [5, 5.41) is 3.37. The Morgan fingerprint density at radius 3 is 2.53 bits per heavy atom. The summed E-state index contributed by atoms with van der Waals surface area (Å²) in [6.45, 7) is 0.819. The number of benzene rings is 2. The third kappa shape index (κ3) is 3.24. The first-order valence-electron chi connectivity index (χ1n) is 5.41. The first kappa shape index (κ1) is 12.0. The van der Waals surface area contributed by atoms with Crippen LogP contribution in [-0.4, -0.2) is 7.11 Å². The summed E-state index contributed by atoms with van der Waals surface area (Å²) in [5.41, 5.74) is 2.33. The molecule has 0 atom stereocenters. The lowest BCUT2D eigenvalue weighted by Crippen LogP contribution is -1.99. The summed E-state index contributed by atoms with van der Waals surface area (Å²) in [7, 11) is 1.66. The van der Waals surface area contributed by atoms with Gasteiger partial charge in [-0.2, -0.15) is 0 Å². The van der Waals surface area contributed by atoms with Gasteiger partial charge in [0.25, 0.3) is 0 Å². The van der Waals surface area contributed by atoms with Gasteiger partial charge in [-0.05, 0) is 39.7 Å². The van der Waals surface area contributed by atoms with Crippen LogP contribution in [0.1, 0.15) is 5.56 Å². The van der Waals surface area contributed by atoms with Crippen LogP contribution in [0.2, 0.25) is 0 Å². The van der Waals surface area contributed by atoms with E-state index in [1.807, 2.05) is 36.4 Å². The molecule has 0 saturated carbocycles. The predicted molar refractivity (Wildman–Crippen MR) is 74.5 cm³/mol. The summed E-state index contributed by atoms with van der Waals surface area (Å²) < 4.78 is 6.14. The molecule has 0 spiro atoms. The van der Waals surface area contributed by atoms with Gasteiger partial charge in [-0.25, -0.2) is 0 Å². The summed E-state index contributed by atoms with van der Waals surface area (Å²) in [4.78, 5) is 0. The van der Waals surface area contributed by atoms with Crippen LogP contribution in [0.3, 0.4) is 0 Å². The Kier molecular flexibility index (Phi) is 4.04. The summed E-state index contributed by atoms with van der Waals surface area (Å²) >= 11 is 3.47. The highest BCUT2D eigenvalue weighted by atomic mass is 79.9. The molecule has 2 aromatic rings. The van der Waals surface area contributed by atoms with Gasteiger partial charge in [0.05, 0.1) is 11.6 Å². The standard InChI is InChI=1S/C14H14BrNO/c1-17-14-8-7-12(9-13(14)15)16-10-11-5-3-2-4-6-11/h2-9,16H,10H2,1H3. The maximum absolute atomic E-state index is 5.19. The van der Waals surface area contributed by atoms with Crippen molar-refractivity contribution in [3.63, 3.8) is 0 Å². The number of hydrogen-bond acceptors (Lipinski definition) is 2. The number of anilines is 1. The topological polar surface area (TPSA) is 21.3 Å². The smallest absolute Gasteiger partial charge is 0.133 e. The first-order valence-corrected chi connectivity index (χ1v) is 6.20. The molecule has 17 heavy (non-hydrogen) atoms. The number of methoxy groups -OCH3 is 1. The van der Waals surface area contributed by atoms with E-state index in [9.17, 15) is 0 Å². The van der Waals surface area contributed by atoms with E-state index in [1.54, 1.807) is 7.11 Å². The number of nitrogens with one attached hydrogen (secondary N) is 1. The Bertz CT molecular complexity index is 485. The molecule has 0 amide bonds. The summed E-state index contributed by atoms with van der Waals surface area (Å²) in [5.74, 6) is 0.843. The van der Waals surface area contributed by atoms with Gasteiger partial charge in [0.15, 0.2) is 0 Å². The molecule has 0 aromatic heterocycles. The van der Waals surface area contributed by atoms with Crippen LogP contribution in [0.15, 0.2) is 53.0 Å². The maximum atomic E-state index is 5.19. The summed E-state index contributed by atoms with van der Waals surface area (Å²) in [6.07, 6.45) is 0. The molecule has 0 radical (unpaired) electrons. The molecule has 2 aromatic carbocycles. The predicted octanol–water partition coefficient (Wildman–Crippen LogP) is 4.07. The molecular formula is C14H14BrNO. The zero-order valence-corrected chi connectivity index (χ0v) is 11.2. The fourth-order valence-corrected chi connectivity index (χ4v) is 2.12. The van der Waals surface area contributed by atoms with Crippen molar-refractivity contribution in [3.8, 4) is 5.75 Å². The third-order valence-electron chi connectivity index (χ3n) is 2.49. The largest absolute Gasteiger partial charge is 0.496 e. The van der Waals surface area contributed by atoms with Crippen LogP contribution in [0.25, 0.3) is 0 Å². The van der Waals surface area contributed by atoms with Crippen molar-refractivity contribution in [2.75, 3.05) is 12.4 Å². The normalized spacial score (nSPS) is 10.0. The zero-order valence-electron chi connectivity index (χ0n) is 9.61. The molecule has 0 unspecified atom stereocenters. The minimum atomic E-state index is 0.819. The Morgan fingerprint density at radius 2 is 1.88 bits per heavy atom. The molecule has 88 valence electrons. The first-order chi connectivity index (χ1) is 8.29. The lowest BCUT2D eigenvalue weighted by atomic mass is 10.2. The molecule has 3 heteroatoms. The second-order valence-electron chi connectivity index (χ2n) is 3.69. The van der Waals surface area contributed by atoms with E-state index in [-0.39, 0.29) is 0 Å². The van der Waals surface area contributed by atoms with E-state index in [0.717, 1.165) is 22.5 Å². The third-order valence-corrected chi connectivity index (χ3v) is 3.11. The highest BCUT2D eigenvalue weighted by Gasteiger charge is 2.00. The van der Waals surface area contributed by atoms with Crippen molar-refractivity contribution in [1.29, 1.82) is 0 Å². The van der Waals surface area contributed by atoms with Gasteiger partial charge in [-0.15, -0.1) is 0 Å². The van der Waals surface area contributed by atoms with Crippen LogP contribution in [-0.2, 0) is 6.54 Å². The zero-order chi connectivity index (χ0) is 12.1. The van der Waals surface area contributed by atoms with E-state index in [0.29, 0.717) is 0 Å². The summed E-state index contributed by atoms with van der Waals surface area (Å²) in [6, 6.07) is 16.3. The van der Waals surface area contributed by atoms with Gasteiger partial charge in [0, 0.05) is 12.2 Å². The average molecular weight is 292 g/mol. The lowest BCUT2D eigenvalue weighted by molar-refractivity contribution is 0.412. The van der Waals surface area contributed by atoms with Crippen LogP contribution < -0.4 is 10.1 Å². The van der Waals surface area contributed by atoms with Crippen LogP contribution in [0.5, 0.6) is 5.75 Å². The molecule has 0 aliphatic heterocycles. The molecule has 1 N–H and O–H groups in total. The van der Waals surface area contributed by atoms with Gasteiger partial charge >= 0.3 is 0 Å². The highest BCUT2D eigenvalue weighted by Crippen LogP contribution is 2.27. The van der Waals surface area contributed by atoms with Crippen molar-refractivity contribution in [1.82, 2.24) is 0 Å². The lowest BCUT2D eigenvalue weighted by Gasteiger charge is -2.09. The van der Waals surface area contributed by atoms with Gasteiger partial charge < -0.3 is 10.1 Å². The molecule has 2 nitrogen and oxygen atoms in total. The molecule has 0 saturated heterocycles. The number of hydrogen-bond donors (Lipinski definition) is 1. The molecule has 0 aliphatic rings. The minimum Gasteiger partial charge on any atom is -0.496 e. The number of rotatable bonds is 4. The average Bonchev–Trinajstić information content (AvgIpc) is 2.38. The van der Waals surface area contributed by atoms with Gasteiger partial charge in [0.2, 0.25) is 0 Å². The van der Waals surface area contributed by atoms with Crippen molar-refractivity contribution in [3.05, 3.63) is 58.6 Å². The van der Waals surface area contributed by atoms with Gasteiger partial charge in [-0.1, -0.05) is 30.3 Å². The Hall–Kier alpha value is -1.48.